The summed E-state index contributed by atoms with van der Waals surface area (Å²) in [5, 5.41) is 6.64. The van der Waals surface area contributed by atoms with E-state index in [0.717, 1.165) is 61.6 Å². The van der Waals surface area contributed by atoms with Gasteiger partial charge in [-0.25, -0.2) is 4.98 Å². The van der Waals surface area contributed by atoms with Crippen molar-refractivity contribution >= 4 is 47.0 Å². The number of rotatable bonds is 7. The molecule has 1 N–H and O–H groups in total. The Balaban J connectivity index is 0.00000300. The van der Waals surface area contributed by atoms with E-state index in [4.69, 9.17) is 9.73 Å². The lowest BCUT2D eigenvalue weighted by atomic mass is 10.1. The van der Waals surface area contributed by atoms with Crippen LogP contribution in [-0.2, 0) is 6.54 Å². The monoisotopic (exact) mass is 529 g/mol. The largest absolute Gasteiger partial charge is 0.495 e. The van der Waals surface area contributed by atoms with Gasteiger partial charge < -0.3 is 19.9 Å². The van der Waals surface area contributed by atoms with E-state index in [1.807, 2.05) is 19.1 Å². The summed E-state index contributed by atoms with van der Waals surface area (Å²) in [6, 6.07) is 8.25. The third-order valence-electron chi connectivity index (χ3n) is 4.97. The maximum Gasteiger partial charge on any atom is 0.194 e. The highest BCUT2D eigenvalue weighted by Crippen LogP contribution is 2.32. The quantitative estimate of drug-likeness (QED) is 0.334. The fourth-order valence-corrected chi connectivity index (χ4v) is 4.18. The summed E-state index contributed by atoms with van der Waals surface area (Å²) in [5.74, 6) is 2.44. The Morgan fingerprint density at radius 2 is 2.21 bits per heavy atom. The van der Waals surface area contributed by atoms with Gasteiger partial charge in [0.15, 0.2) is 5.96 Å². The van der Waals surface area contributed by atoms with E-state index in [-0.39, 0.29) is 24.0 Å². The number of thiazole rings is 1. The predicted octanol–water partition coefficient (Wildman–Crippen LogP) is 4.00. The highest BCUT2D eigenvalue weighted by molar-refractivity contribution is 14.0. The molecular formula is C21H32IN5OS. The zero-order chi connectivity index (χ0) is 19.9. The van der Waals surface area contributed by atoms with Gasteiger partial charge in [-0.3, -0.25) is 4.99 Å². The topological polar surface area (TPSA) is 53.0 Å². The number of para-hydroxylation sites is 2. The Morgan fingerprint density at radius 1 is 1.41 bits per heavy atom. The summed E-state index contributed by atoms with van der Waals surface area (Å²) in [7, 11) is 3.81. The van der Waals surface area contributed by atoms with Gasteiger partial charge in [0.1, 0.15) is 5.75 Å². The third-order valence-corrected chi connectivity index (χ3v) is 5.80. The molecule has 2 heterocycles. The molecule has 2 aromatic rings. The molecule has 1 aromatic heterocycles. The Hall–Kier alpha value is -1.55. The number of nitrogens with zero attached hydrogens (tertiary/aromatic N) is 4. The van der Waals surface area contributed by atoms with Crippen molar-refractivity contribution in [2.75, 3.05) is 45.2 Å². The van der Waals surface area contributed by atoms with Crippen molar-refractivity contribution in [1.29, 1.82) is 0 Å². The lowest BCUT2D eigenvalue weighted by Gasteiger charge is -2.22. The van der Waals surface area contributed by atoms with Crippen LogP contribution in [0.4, 0.5) is 5.69 Å². The van der Waals surface area contributed by atoms with Crippen molar-refractivity contribution in [3.63, 3.8) is 0 Å². The number of guanidine groups is 1. The lowest BCUT2D eigenvalue weighted by molar-refractivity contribution is 0.414. The second-order valence-electron chi connectivity index (χ2n) is 7.18. The molecular weight excluding hydrogens is 497 g/mol. The minimum Gasteiger partial charge on any atom is -0.495 e. The van der Waals surface area contributed by atoms with Gasteiger partial charge in [0.25, 0.3) is 0 Å². The normalized spacial score (nSPS) is 16.5. The van der Waals surface area contributed by atoms with Crippen molar-refractivity contribution in [2.24, 2.45) is 10.9 Å². The highest BCUT2D eigenvalue weighted by atomic mass is 127. The SMILES string of the molecule is CCNC(=NCC1CCN(c2ccccc2OC)C1)N(C)Cc1csc(C)n1.I. The van der Waals surface area contributed by atoms with Crippen LogP contribution < -0.4 is 15.0 Å². The molecule has 1 fully saturated rings. The molecule has 8 heteroatoms. The summed E-state index contributed by atoms with van der Waals surface area (Å²) in [4.78, 5) is 14.1. The van der Waals surface area contributed by atoms with Crippen LogP contribution in [-0.4, -0.2) is 56.2 Å². The van der Waals surface area contributed by atoms with Crippen LogP contribution >= 0.6 is 35.3 Å². The average molecular weight is 529 g/mol. The Bertz CT molecular complexity index is 797. The van der Waals surface area contributed by atoms with E-state index in [2.05, 4.69) is 51.6 Å². The average Bonchev–Trinajstić information content (AvgIpc) is 3.34. The van der Waals surface area contributed by atoms with Crippen LogP contribution in [0, 0.1) is 12.8 Å². The first kappa shape index (κ1) is 23.7. The van der Waals surface area contributed by atoms with Crippen molar-refractivity contribution in [1.82, 2.24) is 15.2 Å². The molecule has 3 rings (SSSR count). The smallest absolute Gasteiger partial charge is 0.194 e. The Morgan fingerprint density at radius 3 is 2.90 bits per heavy atom. The molecule has 0 aliphatic carbocycles. The third kappa shape index (κ3) is 6.47. The van der Waals surface area contributed by atoms with E-state index in [1.165, 1.54) is 5.69 Å². The van der Waals surface area contributed by atoms with E-state index in [9.17, 15) is 0 Å². The van der Waals surface area contributed by atoms with Gasteiger partial charge in [0.05, 0.1) is 30.0 Å². The van der Waals surface area contributed by atoms with Crippen LogP contribution in [0.5, 0.6) is 5.75 Å². The number of aliphatic imine (C=N–C) groups is 1. The minimum atomic E-state index is 0. The van der Waals surface area contributed by atoms with Crippen LogP contribution in [0.1, 0.15) is 24.0 Å². The maximum absolute atomic E-state index is 5.52. The second kappa shape index (κ2) is 11.6. The van der Waals surface area contributed by atoms with Gasteiger partial charge in [-0.15, -0.1) is 35.3 Å². The molecule has 1 aliphatic rings. The van der Waals surface area contributed by atoms with Crippen molar-refractivity contribution < 1.29 is 4.74 Å². The second-order valence-corrected chi connectivity index (χ2v) is 8.24. The zero-order valence-corrected chi connectivity index (χ0v) is 20.9. The number of ether oxygens (including phenoxy) is 1. The fraction of sp³-hybridized carbons (Fsp3) is 0.524. The van der Waals surface area contributed by atoms with Gasteiger partial charge >= 0.3 is 0 Å². The molecule has 0 bridgehead atoms. The molecule has 0 saturated carbocycles. The first-order chi connectivity index (χ1) is 13.6. The number of anilines is 1. The van der Waals surface area contributed by atoms with E-state index in [1.54, 1.807) is 18.4 Å². The number of halogens is 1. The standard InChI is InChI=1S/C21H31N5OS.HI/c1-5-22-21(25(3)14-18-15-28-16(2)24-18)23-12-17-10-11-26(13-17)19-8-6-7-9-20(19)27-4;/h6-9,15,17H,5,10-14H2,1-4H3,(H,22,23);1H. The molecule has 0 amide bonds. The lowest BCUT2D eigenvalue weighted by Crippen LogP contribution is -2.39. The van der Waals surface area contributed by atoms with E-state index < -0.39 is 0 Å². The molecule has 1 saturated heterocycles. The summed E-state index contributed by atoms with van der Waals surface area (Å²) in [5.41, 5.74) is 2.28. The first-order valence-electron chi connectivity index (χ1n) is 9.89. The minimum absolute atomic E-state index is 0. The van der Waals surface area contributed by atoms with Crippen molar-refractivity contribution in [3.8, 4) is 5.75 Å². The fourth-order valence-electron chi connectivity index (χ4n) is 3.58. The molecule has 1 atom stereocenters. The highest BCUT2D eigenvalue weighted by Gasteiger charge is 2.24. The van der Waals surface area contributed by atoms with Crippen LogP contribution in [0.15, 0.2) is 34.6 Å². The number of aryl methyl sites for hydroxylation is 1. The molecule has 6 nitrogen and oxygen atoms in total. The van der Waals surface area contributed by atoms with Crippen LogP contribution in [0.25, 0.3) is 0 Å². The molecule has 0 radical (unpaired) electrons. The van der Waals surface area contributed by atoms with Crippen LogP contribution in [0.3, 0.4) is 0 Å². The molecule has 29 heavy (non-hydrogen) atoms. The predicted molar refractivity (Wildman–Crippen MR) is 133 cm³/mol. The zero-order valence-electron chi connectivity index (χ0n) is 17.7. The van der Waals surface area contributed by atoms with E-state index >= 15 is 0 Å². The molecule has 1 aromatic carbocycles. The van der Waals surface area contributed by atoms with Crippen LogP contribution in [0.2, 0.25) is 0 Å². The molecule has 1 aliphatic heterocycles. The van der Waals surface area contributed by atoms with Crippen molar-refractivity contribution in [3.05, 3.63) is 40.3 Å². The number of hydrogen-bond donors (Lipinski definition) is 1. The van der Waals surface area contributed by atoms with Gasteiger partial charge in [0, 0.05) is 38.6 Å². The molecule has 1 unspecified atom stereocenters. The van der Waals surface area contributed by atoms with Gasteiger partial charge in [-0.2, -0.15) is 0 Å². The summed E-state index contributed by atoms with van der Waals surface area (Å²) < 4.78 is 5.52. The molecule has 160 valence electrons. The van der Waals surface area contributed by atoms with E-state index in [0.29, 0.717) is 5.92 Å². The first-order valence-corrected chi connectivity index (χ1v) is 10.8. The number of benzene rings is 1. The summed E-state index contributed by atoms with van der Waals surface area (Å²) >= 11 is 1.69. The van der Waals surface area contributed by atoms with Gasteiger partial charge in [-0.05, 0) is 38.3 Å². The van der Waals surface area contributed by atoms with Gasteiger partial charge in [0.2, 0.25) is 0 Å². The molecule has 0 spiro atoms. The Labute approximate surface area is 195 Å². The maximum atomic E-state index is 5.52. The number of methoxy groups -OCH3 is 1. The summed E-state index contributed by atoms with van der Waals surface area (Å²) in [6.45, 7) is 8.67. The number of aromatic nitrogens is 1. The number of hydrogen-bond acceptors (Lipinski definition) is 5. The number of nitrogens with one attached hydrogen (secondary N) is 1. The Kier molecular flexibility index (Phi) is 9.48. The van der Waals surface area contributed by atoms with Gasteiger partial charge in [-0.1, -0.05) is 12.1 Å². The van der Waals surface area contributed by atoms with Crippen molar-refractivity contribution in [2.45, 2.75) is 26.8 Å². The summed E-state index contributed by atoms with van der Waals surface area (Å²) in [6.07, 6.45) is 1.15.